The van der Waals surface area contributed by atoms with Gasteiger partial charge in [-0.2, -0.15) is 0 Å². The van der Waals surface area contributed by atoms with Crippen LogP contribution in [-0.4, -0.2) is 63.5 Å². The van der Waals surface area contributed by atoms with Crippen molar-refractivity contribution in [1.29, 1.82) is 0 Å². The molecule has 0 spiro atoms. The molecule has 2 heterocycles. The number of aromatic amines is 1. The molecular weight excluding hydrogens is 632 g/mol. The van der Waals surface area contributed by atoms with Crippen LogP contribution < -0.4 is 15.4 Å². The molecule has 262 valence electrons. The Hall–Kier alpha value is -5.20. The van der Waals surface area contributed by atoms with Gasteiger partial charge in [-0.15, -0.1) is 0 Å². The molecule has 4 rings (SSSR count). The second-order valence-electron chi connectivity index (χ2n) is 13.1. The smallest absolute Gasteiger partial charge is 0.342 e. The number of carbonyl (C=O) groups is 5. The highest BCUT2D eigenvalue weighted by Crippen LogP contribution is 2.37. The second kappa shape index (κ2) is 15.3. The zero-order valence-corrected chi connectivity index (χ0v) is 28.9. The van der Waals surface area contributed by atoms with E-state index in [1.54, 1.807) is 13.0 Å². The van der Waals surface area contributed by atoms with Gasteiger partial charge in [0, 0.05) is 19.0 Å². The minimum Gasteiger partial charge on any atom is -0.493 e. The molecule has 2 unspecified atom stereocenters. The third kappa shape index (κ3) is 8.64. The first-order valence-corrected chi connectivity index (χ1v) is 16.3. The van der Waals surface area contributed by atoms with E-state index in [4.69, 9.17) is 9.47 Å². The lowest BCUT2D eigenvalue weighted by atomic mass is 9.75. The van der Waals surface area contributed by atoms with Crippen molar-refractivity contribution in [2.45, 2.75) is 80.3 Å². The number of nitrogens with zero attached hydrogens (tertiary/aromatic N) is 1. The average Bonchev–Trinajstić information content (AvgIpc) is 3.45. The Morgan fingerprint density at radius 1 is 0.980 bits per heavy atom. The van der Waals surface area contributed by atoms with Crippen molar-refractivity contribution in [3.05, 3.63) is 63.0 Å². The van der Waals surface area contributed by atoms with Gasteiger partial charge in [-0.05, 0) is 98.8 Å². The number of esters is 1. The average molecular weight is 677 g/mol. The summed E-state index contributed by atoms with van der Waals surface area (Å²) in [5, 5.41) is 24.2. The summed E-state index contributed by atoms with van der Waals surface area (Å²) in [7, 11) is 0. The highest BCUT2D eigenvalue weighted by molar-refractivity contribution is 6.25. The first kappa shape index (κ1) is 36.6. The van der Waals surface area contributed by atoms with E-state index in [-0.39, 0.29) is 71.6 Å². The zero-order chi connectivity index (χ0) is 36.2. The van der Waals surface area contributed by atoms with Gasteiger partial charge in [-0.1, -0.05) is 20.8 Å². The molecule has 1 aliphatic carbocycles. The van der Waals surface area contributed by atoms with E-state index in [0.717, 1.165) is 36.1 Å². The molecule has 1 aromatic carbocycles. The number of amidine groups is 1. The van der Waals surface area contributed by atoms with Crippen molar-refractivity contribution < 1.29 is 43.7 Å². The molecule has 0 saturated heterocycles. The Balaban J connectivity index is 1.55. The van der Waals surface area contributed by atoms with Gasteiger partial charge in [-0.25, -0.2) is 19.4 Å². The van der Waals surface area contributed by atoms with Crippen molar-refractivity contribution in [3.63, 3.8) is 0 Å². The predicted octanol–water partition coefficient (Wildman–Crippen LogP) is 5.65. The maximum absolute atomic E-state index is 13.8. The van der Waals surface area contributed by atoms with Crippen LogP contribution in [0.25, 0.3) is 6.08 Å². The normalized spacial score (nSPS) is 21.3. The molecule has 5 N–H and O–H groups in total. The molecular formula is C36H44N4O9. The van der Waals surface area contributed by atoms with Gasteiger partial charge in [-0.3, -0.25) is 9.59 Å². The van der Waals surface area contributed by atoms with Crippen molar-refractivity contribution in [2.75, 3.05) is 11.9 Å². The van der Waals surface area contributed by atoms with Crippen molar-refractivity contribution in [2.24, 2.45) is 22.7 Å². The van der Waals surface area contributed by atoms with Crippen LogP contribution in [0.3, 0.4) is 0 Å². The highest BCUT2D eigenvalue weighted by atomic mass is 16.5. The van der Waals surface area contributed by atoms with Gasteiger partial charge in [0.05, 0.1) is 17.9 Å². The molecule has 1 fully saturated rings. The van der Waals surface area contributed by atoms with Crippen LogP contribution in [0.1, 0.15) is 97.8 Å². The van der Waals surface area contributed by atoms with Gasteiger partial charge < -0.3 is 35.3 Å². The Morgan fingerprint density at radius 3 is 2.27 bits per heavy atom. The summed E-state index contributed by atoms with van der Waals surface area (Å²) in [6.45, 7) is 13.2. The molecule has 1 aliphatic heterocycles. The van der Waals surface area contributed by atoms with Crippen LogP contribution in [-0.2, 0) is 19.1 Å². The van der Waals surface area contributed by atoms with Crippen molar-refractivity contribution in [1.82, 2.24) is 10.3 Å². The number of nitrogens with one attached hydrogen (secondary N) is 3. The fraction of sp³-hybridized carbons (Fsp3) is 0.444. The number of benzene rings is 1. The summed E-state index contributed by atoms with van der Waals surface area (Å²) in [6, 6.07) is 3.45. The first-order chi connectivity index (χ1) is 23.1. The van der Waals surface area contributed by atoms with Crippen LogP contribution in [0.4, 0.5) is 5.82 Å². The van der Waals surface area contributed by atoms with Gasteiger partial charge in [0.25, 0.3) is 0 Å². The molecule has 2 atom stereocenters. The number of hydrogen-bond acceptors (Lipinski definition) is 8. The number of allylic oxidation sites excluding steroid dienone is 1. The summed E-state index contributed by atoms with van der Waals surface area (Å²) < 4.78 is 11.7. The molecule has 2 aromatic rings. The van der Waals surface area contributed by atoms with E-state index in [1.165, 1.54) is 13.0 Å². The Morgan fingerprint density at radius 2 is 1.65 bits per heavy atom. The van der Waals surface area contributed by atoms with E-state index >= 15 is 0 Å². The zero-order valence-electron chi connectivity index (χ0n) is 28.9. The molecule has 13 nitrogen and oxygen atoms in total. The van der Waals surface area contributed by atoms with Gasteiger partial charge in [0.15, 0.2) is 0 Å². The number of aromatic carboxylic acids is 2. The number of amides is 2. The number of aliphatic imine (C=N–C) groups is 1. The quantitative estimate of drug-likeness (QED) is 0.148. The van der Waals surface area contributed by atoms with Crippen LogP contribution in [0, 0.1) is 31.6 Å². The van der Waals surface area contributed by atoms with Crippen LogP contribution in [0.5, 0.6) is 5.75 Å². The third-order valence-electron chi connectivity index (χ3n) is 9.05. The number of rotatable bonds is 11. The minimum absolute atomic E-state index is 0.0505. The maximum atomic E-state index is 13.8. The summed E-state index contributed by atoms with van der Waals surface area (Å²) in [6.07, 6.45) is 3.41. The van der Waals surface area contributed by atoms with Gasteiger partial charge in [0.1, 0.15) is 34.6 Å². The second-order valence-corrected chi connectivity index (χ2v) is 13.1. The molecule has 0 bridgehead atoms. The van der Waals surface area contributed by atoms with Gasteiger partial charge >= 0.3 is 17.9 Å². The third-order valence-corrected chi connectivity index (χ3v) is 9.05. The summed E-state index contributed by atoms with van der Waals surface area (Å²) in [5.41, 5.74) is 3.15. The number of ether oxygens (including phenoxy) is 2. The fourth-order valence-corrected chi connectivity index (χ4v) is 6.51. The standard InChI is InChI=1S/C36H44N4O9/c1-17-13-18(2)31(19(3)14-17)49-36(47)30-22(6)27(16-26-20(4)21(5)32(38-26)37-23(7)41)39-33(30)40-29(42)9-8-12-48-28-15-24(34(43)44)10-11-25(28)35(45)46/h10-11,15-19,31,38H,8-9,12-14H2,1-7H3,(H,37,41)(H,43,44)(H,45,46)(H,39,40,42)/b27-16-. The maximum Gasteiger partial charge on any atom is 0.342 e. The molecule has 2 amide bonds. The van der Waals surface area contributed by atoms with E-state index in [0.29, 0.717) is 28.7 Å². The molecule has 13 heteroatoms. The molecule has 2 aliphatic rings. The molecule has 49 heavy (non-hydrogen) atoms. The van der Waals surface area contributed by atoms with Crippen molar-refractivity contribution >= 4 is 47.5 Å². The van der Waals surface area contributed by atoms with Crippen LogP contribution in [0.2, 0.25) is 0 Å². The lowest BCUT2D eigenvalue weighted by Gasteiger charge is -2.37. The number of carboxylic acids is 2. The molecule has 0 radical (unpaired) electrons. The minimum atomic E-state index is -1.28. The number of carbonyl (C=O) groups excluding carboxylic acids is 3. The summed E-state index contributed by atoms with van der Waals surface area (Å²) in [4.78, 5) is 69.4. The Kier molecular flexibility index (Phi) is 11.5. The Bertz CT molecular complexity index is 1750. The summed E-state index contributed by atoms with van der Waals surface area (Å²) >= 11 is 0. The Labute approximate surface area is 284 Å². The molecule has 1 aromatic heterocycles. The topological polar surface area (TPSA) is 196 Å². The van der Waals surface area contributed by atoms with E-state index in [9.17, 15) is 34.2 Å². The predicted molar refractivity (Wildman–Crippen MR) is 183 cm³/mol. The number of anilines is 1. The number of carboxylic acid groups (broad SMARTS) is 2. The van der Waals surface area contributed by atoms with E-state index in [2.05, 4.69) is 41.4 Å². The fourth-order valence-electron chi connectivity index (χ4n) is 6.51. The number of hydrogen-bond donors (Lipinski definition) is 5. The van der Waals surface area contributed by atoms with Crippen LogP contribution >= 0.6 is 0 Å². The summed E-state index contributed by atoms with van der Waals surface area (Å²) in [5.74, 6) is -2.47. The highest BCUT2D eigenvalue weighted by Gasteiger charge is 2.37. The monoisotopic (exact) mass is 676 g/mol. The van der Waals surface area contributed by atoms with Crippen molar-refractivity contribution in [3.8, 4) is 5.75 Å². The van der Waals surface area contributed by atoms with E-state index in [1.807, 2.05) is 13.8 Å². The number of aromatic nitrogens is 1. The van der Waals surface area contributed by atoms with Crippen LogP contribution in [0.15, 0.2) is 40.0 Å². The SMILES string of the molecule is CC(=O)Nc1[nH]c(/C=C2\N=C(NC(=O)CCCOc3cc(C(=O)O)ccc3C(=O)O)C(C(=O)OC3C(C)CC(C)CC3C)=C2C)c(C)c1C. The largest absolute Gasteiger partial charge is 0.493 e. The first-order valence-electron chi connectivity index (χ1n) is 16.3. The van der Waals surface area contributed by atoms with Gasteiger partial charge in [0.2, 0.25) is 11.8 Å². The lowest BCUT2D eigenvalue weighted by molar-refractivity contribution is -0.152. The van der Waals surface area contributed by atoms with E-state index < -0.39 is 23.8 Å². The lowest BCUT2D eigenvalue weighted by Crippen LogP contribution is -2.40. The molecule has 1 saturated carbocycles. The number of H-pyrrole nitrogens is 1.